The van der Waals surface area contributed by atoms with E-state index in [-0.39, 0.29) is 11.9 Å². The van der Waals surface area contributed by atoms with Crippen LogP contribution in [0.25, 0.3) is 0 Å². The van der Waals surface area contributed by atoms with E-state index in [1.54, 1.807) is 25.2 Å². The van der Waals surface area contributed by atoms with Crippen LogP contribution in [0.15, 0.2) is 23.6 Å². The van der Waals surface area contributed by atoms with E-state index in [1.165, 1.54) is 6.92 Å². The molecule has 0 aliphatic carbocycles. The van der Waals surface area contributed by atoms with Gasteiger partial charge in [-0.2, -0.15) is 5.10 Å². The normalized spacial score (nSPS) is 12.7. The highest BCUT2D eigenvalue weighted by atomic mass is 32.1. The van der Waals surface area contributed by atoms with Crippen molar-refractivity contribution < 1.29 is 14.3 Å². The number of hydrogen-bond acceptors (Lipinski definition) is 5. The van der Waals surface area contributed by atoms with Gasteiger partial charge in [0.25, 0.3) is 5.91 Å². The number of hydrogen-bond donors (Lipinski definition) is 1. The predicted molar refractivity (Wildman–Crippen MR) is 93.0 cm³/mol. The van der Waals surface area contributed by atoms with Crippen molar-refractivity contribution in [2.24, 2.45) is 0 Å². The van der Waals surface area contributed by atoms with Gasteiger partial charge < -0.3 is 10.1 Å². The minimum absolute atomic E-state index is 0.101. The number of carbonyl (C=O) groups is 2. The summed E-state index contributed by atoms with van der Waals surface area (Å²) in [6.07, 6.45) is 0. The van der Waals surface area contributed by atoms with Gasteiger partial charge in [-0.1, -0.05) is 6.07 Å². The molecule has 2 rings (SSSR count). The van der Waals surface area contributed by atoms with E-state index >= 15 is 0 Å². The van der Waals surface area contributed by atoms with Gasteiger partial charge in [0, 0.05) is 24.0 Å². The van der Waals surface area contributed by atoms with Gasteiger partial charge in [-0.25, -0.2) is 0 Å². The number of nitrogens with one attached hydrogen (secondary N) is 1. The molecular formula is C17H23N3O3S. The van der Waals surface area contributed by atoms with Crippen LogP contribution in [0.4, 0.5) is 0 Å². The van der Waals surface area contributed by atoms with Gasteiger partial charge in [0.15, 0.2) is 5.60 Å². The first kappa shape index (κ1) is 18.2. The molecule has 2 aromatic heterocycles. The molecule has 130 valence electrons. The van der Waals surface area contributed by atoms with Gasteiger partial charge in [0.1, 0.15) is 6.04 Å². The van der Waals surface area contributed by atoms with Crippen LogP contribution in [0.5, 0.6) is 0 Å². The molecule has 0 fully saturated rings. The molecule has 7 heteroatoms. The van der Waals surface area contributed by atoms with Crippen LogP contribution in [0.2, 0.25) is 0 Å². The molecule has 0 saturated carbocycles. The Morgan fingerprint density at radius 2 is 2.12 bits per heavy atom. The summed E-state index contributed by atoms with van der Waals surface area (Å²) in [6, 6.07) is 5.90. The van der Waals surface area contributed by atoms with Crippen molar-refractivity contribution >= 4 is 23.2 Å². The zero-order chi connectivity index (χ0) is 17.9. The third-order valence-corrected chi connectivity index (χ3v) is 4.59. The Balaban J connectivity index is 2.17. The molecule has 2 heterocycles. The monoisotopic (exact) mass is 349 g/mol. The number of amides is 1. The summed E-state index contributed by atoms with van der Waals surface area (Å²) in [4.78, 5) is 24.6. The summed E-state index contributed by atoms with van der Waals surface area (Å²) in [7, 11) is 0. The highest BCUT2D eigenvalue weighted by Gasteiger charge is 2.31. The number of esters is 1. The fraction of sp³-hybridized carbons (Fsp3) is 0.471. The third kappa shape index (κ3) is 4.23. The van der Waals surface area contributed by atoms with E-state index in [1.807, 2.05) is 42.1 Å². The molecule has 1 atom stereocenters. The molecule has 24 heavy (non-hydrogen) atoms. The van der Waals surface area contributed by atoms with Crippen LogP contribution in [0, 0.1) is 13.8 Å². The van der Waals surface area contributed by atoms with E-state index in [4.69, 9.17) is 4.74 Å². The molecule has 0 unspecified atom stereocenters. The summed E-state index contributed by atoms with van der Waals surface area (Å²) in [5.74, 6) is -0.815. The van der Waals surface area contributed by atoms with Crippen LogP contribution in [0.3, 0.4) is 0 Å². The van der Waals surface area contributed by atoms with E-state index in [0.717, 1.165) is 16.3 Å². The fourth-order valence-corrected chi connectivity index (χ4v) is 3.37. The maximum atomic E-state index is 12.4. The molecule has 0 aliphatic rings. The maximum absolute atomic E-state index is 12.4. The van der Waals surface area contributed by atoms with E-state index in [0.29, 0.717) is 6.54 Å². The van der Waals surface area contributed by atoms with Crippen LogP contribution < -0.4 is 5.32 Å². The predicted octanol–water partition coefficient (Wildman–Crippen LogP) is 2.61. The quantitative estimate of drug-likeness (QED) is 0.814. The van der Waals surface area contributed by atoms with Crippen molar-refractivity contribution in [3.8, 4) is 0 Å². The summed E-state index contributed by atoms with van der Waals surface area (Å²) < 4.78 is 7.00. The number of nitrogens with zero attached hydrogens (tertiary/aromatic N) is 2. The Labute approximate surface area is 145 Å². The lowest BCUT2D eigenvalue weighted by molar-refractivity contribution is -0.162. The van der Waals surface area contributed by atoms with Crippen LogP contribution in [-0.2, 0) is 14.3 Å². The number of rotatable bonds is 6. The average molecular weight is 349 g/mol. The lowest BCUT2D eigenvalue weighted by Crippen LogP contribution is -2.46. The van der Waals surface area contributed by atoms with Gasteiger partial charge in [-0.15, -0.1) is 11.3 Å². The van der Waals surface area contributed by atoms with E-state index < -0.39 is 11.6 Å². The Hall–Kier alpha value is -2.15. The molecule has 6 nitrogen and oxygen atoms in total. The third-order valence-electron chi connectivity index (χ3n) is 3.61. The fourth-order valence-electron chi connectivity index (χ4n) is 2.56. The van der Waals surface area contributed by atoms with Gasteiger partial charge in [-0.05, 0) is 45.2 Å². The summed E-state index contributed by atoms with van der Waals surface area (Å²) in [5, 5.41) is 9.42. The standard InChI is InChI=1S/C17H23N3O3S/c1-11-9-12(2)20(19-11)14(15-7-6-8-24-15)10-18-16(22)17(4,5)23-13(3)21/h6-9,14H,10H2,1-5H3,(H,18,22)/t14-/m0/s1. The van der Waals surface area contributed by atoms with Crippen molar-refractivity contribution in [3.05, 3.63) is 39.8 Å². The van der Waals surface area contributed by atoms with Gasteiger partial charge in [0.05, 0.1) is 5.69 Å². The number of thiophene rings is 1. The minimum Gasteiger partial charge on any atom is -0.450 e. The van der Waals surface area contributed by atoms with Gasteiger partial charge in [-0.3, -0.25) is 14.3 Å². The minimum atomic E-state index is -1.21. The van der Waals surface area contributed by atoms with Crippen LogP contribution >= 0.6 is 11.3 Å². The molecule has 0 aromatic carbocycles. The first-order chi connectivity index (χ1) is 11.2. The van der Waals surface area contributed by atoms with E-state index in [2.05, 4.69) is 10.4 Å². The molecule has 1 N–H and O–H groups in total. The number of aryl methyl sites for hydroxylation is 2. The zero-order valence-corrected chi connectivity index (χ0v) is 15.4. The topological polar surface area (TPSA) is 73.2 Å². The van der Waals surface area contributed by atoms with Gasteiger partial charge in [0.2, 0.25) is 0 Å². The van der Waals surface area contributed by atoms with Crippen LogP contribution in [0.1, 0.15) is 43.1 Å². The molecular weight excluding hydrogens is 326 g/mol. The number of aromatic nitrogens is 2. The highest BCUT2D eigenvalue weighted by Crippen LogP contribution is 2.24. The first-order valence-corrected chi connectivity index (χ1v) is 8.62. The Morgan fingerprint density at radius 1 is 1.42 bits per heavy atom. The van der Waals surface area contributed by atoms with Crippen LogP contribution in [-0.4, -0.2) is 33.8 Å². The van der Waals surface area contributed by atoms with Gasteiger partial charge >= 0.3 is 5.97 Å². The summed E-state index contributed by atoms with van der Waals surface area (Å²) >= 11 is 1.62. The van der Waals surface area contributed by atoms with Crippen molar-refractivity contribution in [3.63, 3.8) is 0 Å². The second-order valence-corrected chi connectivity index (χ2v) is 7.20. The summed E-state index contributed by atoms with van der Waals surface area (Å²) in [6.45, 7) is 8.74. The van der Waals surface area contributed by atoms with Crippen molar-refractivity contribution in [2.45, 2.75) is 46.3 Å². The second kappa shape index (κ2) is 7.17. The van der Waals surface area contributed by atoms with Crippen molar-refractivity contribution in [1.29, 1.82) is 0 Å². The Bertz CT molecular complexity index is 720. The highest BCUT2D eigenvalue weighted by molar-refractivity contribution is 7.10. The molecule has 0 bridgehead atoms. The number of carbonyl (C=O) groups excluding carboxylic acids is 2. The molecule has 0 spiro atoms. The molecule has 0 saturated heterocycles. The summed E-state index contributed by atoms with van der Waals surface area (Å²) in [5.41, 5.74) is 0.751. The SMILES string of the molecule is CC(=O)OC(C)(C)C(=O)NC[C@@H](c1cccs1)n1nc(C)cc1C. The lowest BCUT2D eigenvalue weighted by atomic mass is 10.1. The second-order valence-electron chi connectivity index (χ2n) is 6.22. The Kier molecular flexibility index (Phi) is 5.43. The molecule has 1 amide bonds. The molecule has 0 aliphatic heterocycles. The first-order valence-electron chi connectivity index (χ1n) is 7.74. The molecule has 2 aromatic rings. The largest absolute Gasteiger partial charge is 0.450 e. The van der Waals surface area contributed by atoms with E-state index in [9.17, 15) is 9.59 Å². The van der Waals surface area contributed by atoms with Crippen molar-refractivity contribution in [2.75, 3.05) is 6.54 Å². The zero-order valence-electron chi connectivity index (χ0n) is 14.6. The maximum Gasteiger partial charge on any atom is 0.303 e. The average Bonchev–Trinajstić information content (AvgIpc) is 3.08. The number of ether oxygens (including phenoxy) is 1. The van der Waals surface area contributed by atoms with Crippen molar-refractivity contribution in [1.82, 2.24) is 15.1 Å². The smallest absolute Gasteiger partial charge is 0.303 e. The molecule has 0 radical (unpaired) electrons. The Morgan fingerprint density at radius 3 is 2.62 bits per heavy atom. The lowest BCUT2D eigenvalue weighted by Gasteiger charge is -2.25.